The average molecular weight is 283 g/mol. The van der Waals surface area contributed by atoms with Crippen LogP contribution in [0.15, 0.2) is 0 Å². The molecule has 1 saturated heterocycles. The van der Waals surface area contributed by atoms with Crippen molar-refractivity contribution in [2.24, 2.45) is 17.8 Å². The van der Waals surface area contributed by atoms with E-state index in [1.807, 2.05) is 6.92 Å². The fraction of sp³-hybridized carbons (Fsp3) is 0.857. The van der Waals surface area contributed by atoms with Crippen molar-refractivity contribution in [3.63, 3.8) is 0 Å². The van der Waals surface area contributed by atoms with E-state index in [0.29, 0.717) is 18.1 Å². The molecular weight excluding hydrogens is 262 g/mol. The monoisotopic (exact) mass is 283 g/mol. The number of amides is 1. The molecule has 3 aliphatic rings. The zero-order valence-electron chi connectivity index (χ0n) is 11.2. The van der Waals surface area contributed by atoms with Gasteiger partial charge < -0.3 is 10.0 Å². The first-order valence-corrected chi connectivity index (χ1v) is 8.26. The van der Waals surface area contributed by atoms with Crippen molar-refractivity contribution in [3.05, 3.63) is 0 Å². The van der Waals surface area contributed by atoms with Gasteiger partial charge in [-0.1, -0.05) is 6.42 Å². The number of rotatable bonds is 3. The molecule has 19 heavy (non-hydrogen) atoms. The third-order valence-corrected chi connectivity index (χ3v) is 6.33. The second-order valence-electron chi connectivity index (χ2n) is 6.23. The molecule has 3 rings (SSSR count). The standard InChI is InChI=1S/C14H21NO3S/c1-8-15(12(7-19-8)14(17)18)13(16)6-11-5-9-2-3-10(11)4-9/h8-12H,2-7H2,1H3,(H,17,18). The van der Waals surface area contributed by atoms with Gasteiger partial charge in [0.05, 0.1) is 5.37 Å². The summed E-state index contributed by atoms with van der Waals surface area (Å²) >= 11 is 1.57. The van der Waals surface area contributed by atoms with Crippen molar-refractivity contribution in [2.45, 2.75) is 50.4 Å². The maximum atomic E-state index is 12.5. The van der Waals surface area contributed by atoms with E-state index in [2.05, 4.69) is 0 Å². The molecule has 2 saturated carbocycles. The number of nitrogens with zero attached hydrogens (tertiary/aromatic N) is 1. The van der Waals surface area contributed by atoms with Gasteiger partial charge in [-0.25, -0.2) is 4.79 Å². The molecule has 0 spiro atoms. The molecule has 0 aromatic carbocycles. The number of hydrogen-bond donors (Lipinski definition) is 1. The van der Waals surface area contributed by atoms with Crippen LogP contribution in [0.5, 0.6) is 0 Å². The van der Waals surface area contributed by atoms with E-state index in [1.165, 1.54) is 25.7 Å². The summed E-state index contributed by atoms with van der Waals surface area (Å²) in [4.78, 5) is 25.3. The molecule has 4 nitrogen and oxygen atoms in total. The van der Waals surface area contributed by atoms with Crippen LogP contribution in [-0.4, -0.2) is 39.1 Å². The Labute approximate surface area is 117 Å². The van der Waals surface area contributed by atoms with Gasteiger partial charge >= 0.3 is 5.97 Å². The number of carbonyl (C=O) groups is 2. The van der Waals surface area contributed by atoms with Gasteiger partial charge in [0.25, 0.3) is 0 Å². The van der Waals surface area contributed by atoms with E-state index in [-0.39, 0.29) is 11.3 Å². The first-order chi connectivity index (χ1) is 9.06. The smallest absolute Gasteiger partial charge is 0.327 e. The second kappa shape index (κ2) is 5.00. The number of fused-ring (bicyclic) bond motifs is 2. The van der Waals surface area contributed by atoms with Gasteiger partial charge in [0.15, 0.2) is 0 Å². The molecule has 0 aromatic rings. The zero-order valence-corrected chi connectivity index (χ0v) is 12.1. The van der Waals surface area contributed by atoms with E-state index in [0.717, 1.165) is 11.8 Å². The van der Waals surface area contributed by atoms with Gasteiger partial charge in [0.2, 0.25) is 5.91 Å². The third-order valence-electron chi connectivity index (χ3n) is 5.12. The molecule has 5 atom stereocenters. The van der Waals surface area contributed by atoms with Crippen LogP contribution in [0.3, 0.4) is 0 Å². The van der Waals surface area contributed by atoms with Gasteiger partial charge in [0, 0.05) is 12.2 Å². The summed E-state index contributed by atoms with van der Waals surface area (Å²) in [6.07, 6.45) is 5.66. The minimum Gasteiger partial charge on any atom is -0.480 e. The summed E-state index contributed by atoms with van der Waals surface area (Å²) in [6.45, 7) is 1.94. The van der Waals surface area contributed by atoms with Gasteiger partial charge in [-0.2, -0.15) is 0 Å². The normalized spacial score (nSPS) is 40.9. The van der Waals surface area contributed by atoms with Crippen molar-refractivity contribution >= 4 is 23.6 Å². The topological polar surface area (TPSA) is 57.6 Å². The van der Waals surface area contributed by atoms with Gasteiger partial charge in [-0.15, -0.1) is 11.8 Å². The second-order valence-corrected chi connectivity index (χ2v) is 7.58. The largest absolute Gasteiger partial charge is 0.480 e. The molecule has 1 aliphatic heterocycles. The number of carbonyl (C=O) groups excluding carboxylic acids is 1. The molecule has 3 fully saturated rings. The Kier molecular flexibility index (Phi) is 3.50. The average Bonchev–Trinajstić information content (AvgIpc) is 3.02. The van der Waals surface area contributed by atoms with E-state index >= 15 is 0 Å². The SMILES string of the molecule is CC1SCC(C(=O)O)N1C(=O)CC1CC2CCC1C2. The van der Waals surface area contributed by atoms with E-state index in [4.69, 9.17) is 0 Å². The lowest BCUT2D eigenvalue weighted by Gasteiger charge is -2.28. The number of thioether (sulfide) groups is 1. The minimum atomic E-state index is -0.863. The van der Waals surface area contributed by atoms with Gasteiger partial charge in [-0.05, 0) is 43.9 Å². The van der Waals surface area contributed by atoms with Crippen molar-refractivity contribution in [1.82, 2.24) is 4.90 Å². The van der Waals surface area contributed by atoms with Crippen LogP contribution in [-0.2, 0) is 9.59 Å². The molecule has 0 radical (unpaired) electrons. The van der Waals surface area contributed by atoms with Gasteiger partial charge in [0.1, 0.15) is 6.04 Å². The predicted molar refractivity (Wildman–Crippen MR) is 73.7 cm³/mol. The van der Waals surface area contributed by atoms with Crippen molar-refractivity contribution in [3.8, 4) is 0 Å². The lowest BCUT2D eigenvalue weighted by Crippen LogP contribution is -2.45. The molecule has 0 aromatic heterocycles. The van der Waals surface area contributed by atoms with Crippen molar-refractivity contribution in [2.75, 3.05) is 5.75 Å². The molecule has 2 aliphatic carbocycles. The maximum Gasteiger partial charge on any atom is 0.327 e. The fourth-order valence-corrected chi connectivity index (χ4v) is 5.36. The van der Waals surface area contributed by atoms with Crippen LogP contribution < -0.4 is 0 Å². The number of aliphatic carboxylic acids is 1. The first kappa shape index (κ1) is 13.3. The molecule has 1 amide bonds. The van der Waals surface area contributed by atoms with Crippen molar-refractivity contribution < 1.29 is 14.7 Å². The predicted octanol–water partition coefficient (Wildman–Crippen LogP) is 2.19. The summed E-state index contributed by atoms with van der Waals surface area (Å²) in [5, 5.41) is 9.22. The maximum absolute atomic E-state index is 12.5. The number of carboxylic acids is 1. The molecule has 2 bridgehead atoms. The molecule has 1 N–H and O–H groups in total. The van der Waals surface area contributed by atoms with E-state index < -0.39 is 12.0 Å². The lowest BCUT2D eigenvalue weighted by molar-refractivity contribution is -0.149. The van der Waals surface area contributed by atoms with Crippen molar-refractivity contribution in [1.29, 1.82) is 0 Å². The third kappa shape index (κ3) is 2.37. The Morgan fingerprint density at radius 1 is 1.32 bits per heavy atom. The number of carboxylic acid groups (broad SMARTS) is 1. The highest BCUT2D eigenvalue weighted by Gasteiger charge is 2.44. The Morgan fingerprint density at radius 3 is 2.68 bits per heavy atom. The highest BCUT2D eigenvalue weighted by molar-refractivity contribution is 8.00. The molecule has 106 valence electrons. The van der Waals surface area contributed by atoms with Crippen LogP contribution in [0.2, 0.25) is 0 Å². The van der Waals surface area contributed by atoms with E-state index in [1.54, 1.807) is 16.7 Å². The zero-order chi connectivity index (χ0) is 13.6. The Morgan fingerprint density at radius 2 is 2.11 bits per heavy atom. The van der Waals surface area contributed by atoms with Crippen LogP contribution in [0.4, 0.5) is 0 Å². The summed E-state index contributed by atoms with van der Waals surface area (Å²) < 4.78 is 0. The summed E-state index contributed by atoms with van der Waals surface area (Å²) in [5.41, 5.74) is 0. The Bertz CT molecular complexity index is 400. The van der Waals surface area contributed by atoms with Crippen LogP contribution in [0.1, 0.15) is 39.0 Å². The van der Waals surface area contributed by atoms with Gasteiger partial charge in [-0.3, -0.25) is 4.79 Å². The number of hydrogen-bond acceptors (Lipinski definition) is 3. The minimum absolute atomic E-state index is 0.00666. The highest BCUT2D eigenvalue weighted by atomic mass is 32.2. The fourth-order valence-electron chi connectivity index (χ4n) is 4.17. The molecule has 5 unspecified atom stereocenters. The first-order valence-electron chi connectivity index (χ1n) is 7.22. The summed E-state index contributed by atoms with van der Waals surface area (Å²) in [5.74, 6) is 1.80. The molecule has 5 heteroatoms. The van der Waals surface area contributed by atoms with E-state index in [9.17, 15) is 14.7 Å². The summed E-state index contributed by atoms with van der Waals surface area (Å²) in [7, 11) is 0. The summed E-state index contributed by atoms with van der Waals surface area (Å²) in [6, 6.07) is -0.619. The lowest BCUT2D eigenvalue weighted by atomic mass is 9.86. The van der Waals surface area contributed by atoms with Crippen LogP contribution in [0.25, 0.3) is 0 Å². The van der Waals surface area contributed by atoms with Crippen LogP contribution >= 0.6 is 11.8 Å². The quantitative estimate of drug-likeness (QED) is 0.862. The Hall–Kier alpha value is -0.710. The molecule has 1 heterocycles. The van der Waals surface area contributed by atoms with Crippen LogP contribution in [0, 0.1) is 17.8 Å². The molecular formula is C14H21NO3S. The Balaban J connectivity index is 1.64. The highest BCUT2D eigenvalue weighted by Crippen LogP contribution is 2.50.